The van der Waals surface area contributed by atoms with Gasteiger partial charge in [-0.1, -0.05) is 77.8 Å². The molecule has 1 heterocycles. The van der Waals surface area contributed by atoms with Gasteiger partial charge in [-0.2, -0.15) is 0 Å². The predicted molar refractivity (Wildman–Crippen MR) is 180 cm³/mol. The van der Waals surface area contributed by atoms with Crippen LogP contribution in [-0.2, 0) is 16.6 Å². The fourth-order valence-corrected chi connectivity index (χ4v) is 6.84. The monoisotopic (exact) mass is 637 g/mol. The van der Waals surface area contributed by atoms with E-state index < -0.39 is 16.2 Å². The highest BCUT2D eigenvalue weighted by molar-refractivity contribution is 7.92. The maximum Gasteiger partial charge on any atom is 0.262 e. The van der Waals surface area contributed by atoms with Gasteiger partial charge in [0.25, 0.3) is 15.9 Å². The van der Waals surface area contributed by atoms with Gasteiger partial charge in [0, 0.05) is 28.5 Å². The Hall–Kier alpha value is -4.79. The van der Waals surface area contributed by atoms with Crippen molar-refractivity contribution in [2.45, 2.75) is 31.5 Å². The highest BCUT2D eigenvalue weighted by atomic mass is 35.5. The number of sulfonamides is 1. The molecule has 5 aromatic rings. The van der Waals surface area contributed by atoms with Crippen LogP contribution >= 0.6 is 11.6 Å². The number of carbonyl (C=O) groups excluding carboxylic acids is 1. The highest BCUT2D eigenvalue weighted by Gasteiger charge is 2.41. The van der Waals surface area contributed by atoms with Crippen LogP contribution in [0.25, 0.3) is 0 Å². The number of nitrogens with one attached hydrogen (secondary N) is 1. The van der Waals surface area contributed by atoms with E-state index in [1.165, 1.54) is 12.1 Å². The summed E-state index contributed by atoms with van der Waals surface area (Å²) in [7, 11) is -4.00. The largest absolute Gasteiger partial charge is 0.494 e. The topological polar surface area (TPSA) is 78.9 Å². The van der Waals surface area contributed by atoms with Crippen LogP contribution in [0.5, 0.6) is 5.75 Å². The van der Waals surface area contributed by atoms with Gasteiger partial charge in [-0.3, -0.25) is 14.4 Å². The summed E-state index contributed by atoms with van der Waals surface area (Å²) in [5.74, 6) is 0.327. The number of hydrogen-bond donors (Lipinski definition) is 1. The average Bonchev–Trinajstić information content (AvgIpc) is 3.04. The molecule has 1 aliphatic rings. The molecule has 7 nitrogen and oxygen atoms in total. The molecule has 0 aliphatic carbocycles. The lowest BCUT2D eigenvalue weighted by atomic mass is 9.99. The van der Waals surface area contributed by atoms with E-state index in [0.717, 1.165) is 16.7 Å². The maximum absolute atomic E-state index is 14.6. The van der Waals surface area contributed by atoms with Crippen LogP contribution in [0.3, 0.4) is 0 Å². The van der Waals surface area contributed by atoms with Crippen molar-refractivity contribution in [2.24, 2.45) is 0 Å². The van der Waals surface area contributed by atoms with Crippen molar-refractivity contribution in [3.63, 3.8) is 0 Å². The molecule has 0 saturated heterocycles. The molecular weight excluding hydrogens is 606 g/mol. The first-order chi connectivity index (χ1) is 21.7. The first-order valence-electron chi connectivity index (χ1n) is 14.6. The molecule has 228 valence electrons. The van der Waals surface area contributed by atoms with Gasteiger partial charge in [-0.25, -0.2) is 8.42 Å². The molecule has 0 radical (unpaired) electrons. The summed E-state index contributed by atoms with van der Waals surface area (Å²) in [4.78, 5) is 18.4. The van der Waals surface area contributed by atoms with E-state index in [-0.39, 0.29) is 16.4 Å². The van der Waals surface area contributed by atoms with Crippen molar-refractivity contribution < 1.29 is 17.9 Å². The minimum atomic E-state index is -4.00. The SMILES string of the molecule is CCOc1ccc(N2C(=O)c3cc(S(=O)(=O)Nc4ccc(C)cc4)ccc3N(Cc3ccccc3)[C@H]2c2ccccc2Cl)cc1. The molecule has 5 aromatic carbocycles. The molecule has 0 bridgehead atoms. The first-order valence-corrected chi connectivity index (χ1v) is 16.5. The molecule has 45 heavy (non-hydrogen) atoms. The van der Waals surface area contributed by atoms with Crippen LogP contribution in [0.1, 0.15) is 40.1 Å². The molecule has 0 unspecified atom stereocenters. The normalized spacial score (nSPS) is 14.6. The molecule has 1 aliphatic heterocycles. The number of fused-ring (bicyclic) bond motifs is 1. The number of nitrogens with zero attached hydrogens (tertiary/aromatic N) is 2. The molecule has 0 fully saturated rings. The fraction of sp³-hybridized carbons (Fsp3) is 0.139. The number of aryl methyl sites for hydroxylation is 1. The molecule has 1 atom stereocenters. The van der Waals surface area contributed by atoms with E-state index in [4.69, 9.17) is 16.3 Å². The van der Waals surface area contributed by atoms with E-state index in [9.17, 15) is 13.2 Å². The molecular formula is C36H32ClN3O4S. The lowest BCUT2D eigenvalue weighted by Crippen LogP contribution is -2.49. The third kappa shape index (κ3) is 6.25. The fourth-order valence-electron chi connectivity index (χ4n) is 5.52. The smallest absolute Gasteiger partial charge is 0.262 e. The van der Waals surface area contributed by atoms with Gasteiger partial charge in [-0.05, 0) is 80.1 Å². The second-order valence-corrected chi connectivity index (χ2v) is 12.9. The van der Waals surface area contributed by atoms with Gasteiger partial charge in [0.1, 0.15) is 11.9 Å². The van der Waals surface area contributed by atoms with Gasteiger partial charge in [0.05, 0.1) is 22.8 Å². The molecule has 0 spiro atoms. The Balaban J connectivity index is 1.52. The van der Waals surface area contributed by atoms with Crippen molar-refractivity contribution in [1.82, 2.24) is 0 Å². The van der Waals surface area contributed by atoms with Crippen molar-refractivity contribution >= 4 is 44.6 Å². The van der Waals surface area contributed by atoms with E-state index in [1.807, 2.05) is 98.8 Å². The number of amides is 1. The van der Waals surface area contributed by atoms with Gasteiger partial charge < -0.3 is 9.64 Å². The lowest BCUT2D eigenvalue weighted by molar-refractivity contribution is 0.0968. The number of anilines is 3. The second kappa shape index (κ2) is 12.7. The Bertz CT molecular complexity index is 1930. The summed E-state index contributed by atoms with van der Waals surface area (Å²) >= 11 is 6.82. The van der Waals surface area contributed by atoms with Crippen LogP contribution in [-0.4, -0.2) is 20.9 Å². The summed E-state index contributed by atoms with van der Waals surface area (Å²) in [6.07, 6.45) is -0.634. The zero-order valence-corrected chi connectivity index (χ0v) is 26.4. The molecule has 1 amide bonds. The quantitative estimate of drug-likeness (QED) is 0.176. The molecule has 9 heteroatoms. The number of halogens is 1. The number of ether oxygens (including phenoxy) is 1. The third-order valence-corrected chi connectivity index (χ3v) is 9.41. The average molecular weight is 638 g/mol. The summed E-state index contributed by atoms with van der Waals surface area (Å²) in [6.45, 7) is 4.78. The minimum Gasteiger partial charge on any atom is -0.494 e. The molecule has 1 N–H and O–H groups in total. The Morgan fingerprint density at radius 1 is 0.844 bits per heavy atom. The van der Waals surface area contributed by atoms with Crippen LogP contribution in [0, 0.1) is 6.92 Å². The summed E-state index contributed by atoms with van der Waals surface area (Å²) < 4.78 is 35.4. The molecule has 0 aromatic heterocycles. The minimum absolute atomic E-state index is 0.0160. The Morgan fingerprint density at radius 3 is 2.22 bits per heavy atom. The predicted octanol–water partition coefficient (Wildman–Crippen LogP) is 8.21. The lowest BCUT2D eigenvalue weighted by Gasteiger charge is -2.46. The van der Waals surface area contributed by atoms with Crippen molar-refractivity contribution in [3.05, 3.63) is 149 Å². The van der Waals surface area contributed by atoms with E-state index in [1.54, 1.807) is 29.2 Å². The van der Waals surface area contributed by atoms with Crippen LogP contribution in [0.15, 0.2) is 126 Å². The summed E-state index contributed by atoms with van der Waals surface area (Å²) in [5.41, 5.74) is 4.67. The summed E-state index contributed by atoms with van der Waals surface area (Å²) in [6, 6.07) is 36.5. The second-order valence-electron chi connectivity index (χ2n) is 10.8. The van der Waals surface area contributed by atoms with Crippen LogP contribution in [0.2, 0.25) is 5.02 Å². The summed E-state index contributed by atoms with van der Waals surface area (Å²) in [5, 5.41) is 0.509. The molecule has 6 rings (SSSR count). The van der Waals surface area contributed by atoms with Crippen molar-refractivity contribution in [3.8, 4) is 5.75 Å². The van der Waals surface area contributed by atoms with Crippen molar-refractivity contribution in [2.75, 3.05) is 21.1 Å². The molecule has 0 saturated carbocycles. The van der Waals surface area contributed by atoms with Gasteiger partial charge in [-0.15, -0.1) is 0 Å². The van der Waals surface area contributed by atoms with Crippen LogP contribution in [0.4, 0.5) is 17.1 Å². The standard InChI is InChI=1S/C36H32ClN3O4S/c1-3-44-29-19-17-28(18-20-29)40-35(31-11-7-8-12-33(31)37)39(24-26-9-5-4-6-10-26)34-22-21-30(23-32(34)36(40)41)45(42,43)38-27-15-13-25(2)14-16-27/h4-23,35,38H,3,24H2,1-2H3/t35-/m1/s1. The van der Waals surface area contributed by atoms with Gasteiger partial charge >= 0.3 is 0 Å². The van der Waals surface area contributed by atoms with E-state index in [2.05, 4.69) is 9.62 Å². The van der Waals surface area contributed by atoms with Gasteiger partial charge in [0.2, 0.25) is 0 Å². The number of rotatable bonds is 9. The van der Waals surface area contributed by atoms with E-state index in [0.29, 0.717) is 41.0 Å². The van der Waals surface area contributed by atoms with E-state index >= 15 is 0 Å². The number of carbonyl (C=O) groups is 1. The number of benzene rings is 5. The first kappa shape index (κ1) is 30.2. The Morgan fingerprint density at radius 2 is 1.53 bits per heavy atom. The van der Waals surface area contributed by atoms with Crippen molar-refractivity contribution in [1.29, 1.82) is 0 Å². The zero-order valence-electron chi connectivity index (χ0n) is 24.9. The Kier molecular flexibility index (Phi) is 8.52. The third-order valence-electron chi connectivity index (χ3n) is 7.69. The van der Waals surface area contributed by atoms with Gasteiger partial charge in [0.15, 0.2) is 0 Å². The van der Waals surface area contributed by atoms with Crippen LogP contribution < -0.4 is 19.3 Å². The Labute approximate surface area is 268 Å². The maximum atomic E-state index is 14.6. The zero-order chi connectivity index (χ0) is 31.6. The number of hydrogen-bond acceptors (Lipinski definition) is 5. The highest BCUT2D eigenvalue weighted by Crippen LogP contribution is 2.45.